The van der Waals surface area contributed by atoms with Gasteiger partial charge in [0.25, 0.3) is 0 Å². The van der Waals surface area contributed by atoms with Crippen molar-refractivity contribution in [2.24, 2.45) is 7.05 Å². The van der Waals surface area contributed by atoms with E-state index in [2.05, 4.69) is 15.0 Å². The Morgan fingerprint density at radius 2 is 1.90 bits per heavy atom. The molecule has 0 aliphatic rings. The molecule has 0 fully saturated rings. The highest BCUT2D eigenvalue weighted by atomic mass is 19.1. The van der Waals surface area contributed by atoms with Crippen molar-refractivity contribution in [2.75, 3.05) is 0 Å². The van der Waals surface area contributed by atoms with E-state index in [0.29, 0.717) is 22.7 Å². The quantitative estimate of drug-likeness (QED) is 0.441. The molecule has 0 amide bonds. The summed E-state index contributed by atoms with van der Waals surface area (Å²) in [6.45, 7) is 1.91. The van der Waals surface area contributed by atoms with Gasteiger partial charge in [0.15, 0.2) is 11.4 Å². The number of aromatic nitrogens is 6. The average molecular weight is 414 g/mol. The average Bonchev–Trinajstić information content (AvgIpc) is 3.48. The molecular weight excluding hydrogens is 395 g/mol. The minimum atomic E-state index is -0.294. The predicted molar refractivity (Wildman–Crippen MR) is 114 cm³/mol. The Morgan fingerprint density at radius 1 is 1.10 bits per heavy atom. The summed E-state index contributed by atoms with van der Waals surface area (Å²) in [4.78, 5) is 24.5. The Balaban J connectivity index is 1.54. The number of halogens is 1. The summed E-state index contributed by atoms with van der Waals surface area (Å²) in [7, 11) is 1.92. The van der Waals surface area contributed by atoms with E-state index >= 15 is 0 Å². The van der Waals surface area contributed by atoms with Gasteiger partial charge in [0.05, 0.1) is 35.4 Å². The third-order valence-electron chi connectivity index (χ3n) is 5.29. The van der Waals surface area contributed by atoms with Gasteiger partial charge in [-0.3, -0.25) is 4.79 Å². The zero-order valence-corrected chi connectivity index (χ0v) is 17.0. The first kappa shape index (κ1) is 18.9. The van der Waals surface area contributed by atoms with Crippen LogP contribution in [0.1, 0.15) is 22.0 Å². The summed E-state index contributed by atoms with van der Waals surface area (Å²) < 4.78 is 17.0. The van der Waals surface area contributed by atoms with E-state index < -0.39 is 0 Å². The number of nitrogens with zero attached hydrogens (tertiary/aromatic N) is 5. The summed E-state index contributed by atoms with van der Waals surface area (Å²) in [6, 6.07) is 13.5. The fourth-order valence-electron chi connectivity index (χ4n) is 3.62. The number of imidazole rings is 2. The van der Waals surface area contributed by atoms with Crippen LogP contribution in [0.5, 0.6) is 0 Å². The van der Waals surface area contributed by atoms with Crippen LogP contribution in [-0.4, -0.2) is 34.9 Å². The number of aromatic amines is 1. The van der Waals surface area contributed by atoms with Crippen LogP contribution in [0, 0.1) is 12.7 Å². The number of aryl methyl sites for hydroxylation is 1. The standard InChI is InChI=1S/C23H19FN6O/c1-14-26-22(15-5-7-16(24)8-6-15)23(29(14)2)19-9-10-21-27-17(13-30(21)28-19)12-20(31)18-4-3-11-25-18/h3-11,13,25H,12H2,1-2H3. The molecule has 5 rings (SSSR count). The predicted octanol–water partition coefficient (Wildman–Crippen LogP) is 4.00. The fraction of sp³-hybridized carbons (Fsp3) is 0.130. The number of H-pyrrole nitrogens is 1. The first-order valence-corrected chi connectivity index (χ1v) is 9.81. The lowest BCUT2D eigenvalue weighted by molar-refractivity contribution is 0.0988. The van der Waals surface area contributed by atoms with E-state index in [4.69, 9.17) is 5.10 Å². The van der Waals surface area contributed by atoms with Gasteiger partial charge in [0.1, 0.15) is 17.3 Å². The molecule has 5 aromatic rings. The van der Waals surface area contributed by atoms with Gasteiger partial charge in [0, 0.05) is 18.8 Å². The second kappa shape index (κ2) is 7.32. The van der Waals surface area contributed by atoms with Crippen LogP contribution in [0.3, 0.4) is 0 Å². The van der Waals surface area contributed by atoms with Crippen molar-refractivity contribution < 1.29 is 9.18 Å². The van der Waals surface area contributed by atoms with Gasteiger partial charge < -0.3 is 9.55 Å². The zero-order chi connectivity index (χ0) is 21.5. The molecule has 0 radical (unpaired) electrons. The van der Waals surface area contributed by atoms with E-state index in [1.165, 1.54) is 12.1 Å². The van der Waals surface area contributed by atoms with Crippen molar-refractivity contribution in [3.05, 3.63) is 84.0 Å². The van der Waals surface area contributed by atoms with Crippen molar-refractivity contribution in [3.63, 3.8) is 0 Å². The molecule has 8 heteroatoms. The maximum absolute atomic E-state index is 13.4. The van der Waals surface area contributed by atoms with Crippen molar-refractivity contribution in [2.45, 2.75) is 13.3 Å². The van der Waals surface area contributed by atoms with Crippen LogP contribution >= 0.6 is 0 Å². The highest BCUT2D eigenvalue weighted by Crippen LogP contribution is 2.31. The molecule has 0 aliphatic carbocycles. The number of fused-ring (bicyclic) bond motifs is 1. The fourth-order valence-corrected chi connectivity index (χ4v) is 3.62. The van der Waals surface area contributed by atoms with Crippen molar-refractivity contribution in [3.8, 4) is 22.6 Å². The Bertz CT molecular complexity index is 1400. The Kier molecular flexibility index (Phi) is 4.47. The Morgan fingerprint density at radius 3 is 2.65 bits per heavy atom. The second-order valence-electron chi connectivity index (χ2n) is 7.36. The van der Waals surface area contributed by atoms with Crippen molar-refractivity contribution >= 4 is 11.4 Å². The lowest BCUT2D eigenvalue weighted by Crippen LogP contribution is -2.03. The molecule has 0 spiro atoms. The third-order valence-corrected chi connectivity index (χ3v) is 5.29. The van der Waals surface area contributed by atoms with Crippen LogP contribution in [0.15, 0.2) is 60.9 Å². The van der Waals surface area contributed by atoms with Crippen LogP contribution in [0.25, 0.3) is 28.3 Å². The zero-order valence-electron chi connectivity index (χ0n) is 17.0. The molecule has 0 bridgehead atoms. The lowest BCUT2D eigenvalue weighted by Gasteiger charge is -2.07. The van der Waals surface area contributed by atoms with E-state index in [1.54, 1.807) is 41.2 Å². The molecule has 154 valence electrons. The van der Waals surface area contributed by atoms with Crippen LogP contribution in [0.4, 0.5) is 4.39 Å². The molecular formula is C23H19FN6O. The molecule has 1 N–H and O–H groups in total. The second-order valence-corrected chi connectivity index (χ2v) is 7.36. The number of carbonyl (C=O) groups excluding carboxylic acids is 1. The summed E-state index contributed by atoms with van der Waals surface area (Å²) >= 11 is 0. The monoisotopic (exact) mass is 414 g/mol. The smallest absolute Gasteiger partial charge is 0.184 e. The number of benzene rings is 1. The van der Waals surface area contributed by atoms with E-state index in [-0.39, 0.29) is 18.0 Å². The third kappa shape index (κ3) is 3.42. The van der Waals surface area contributed by atoms with Gasteiger partial charge in [-0.1, -0.05) is 0 Å². The molecule has 0 unspecified atom stereocenters. The summed E-state index contributed by atoms with van der Waals surface area (Å²) in [5.41, 5.74) is 4.92. The minimum Gasteiger partial charge on any atom is -0.359 e. The number of hydrogen-bond acceptors (Lipinski definition) is 4. The maximum atomic E-state index is 13.4. The number of rotatable bonds is 5. The lowest BCUT2D eigenvalue weighted by atomic mass is 10.1. The Hall–Kier alpha value is -4.07. The Labute approximate surface area is 177 Å². The SMILES string of the molecule is Cc1nc(-c2ccc(F)cc2)c(-c2ccc3nc(CC(=O)c4ccc[nH]4)cn3n2)n1C. The topological polar surface area (TPSA) is 80.9 Å². The van der Waals surface area contributed by atoms with Crippen LogP contribution in [-0.2, 0) is 13.5 Å². The molecule has 4 heterocycles. The van der Waals surface area contributed by atoms with Gasteiger partial charge in [-0.25, -0.2) is 18.9 Å². The summed E-state index contributed by atoms with van der Waals surface area (Å²) in [6.07, 6.45) is 3.67. The molecule has 4 aromatic heterocycles. The van der Waals surface area contributed by atoms with Gasteiger partial charge in [-0.2, -0.15) is 5.10 Å². The van der Waals surface area contributed by atoms with Crippen LogP contribution < -0.4 is 0 Å². The molecule has 31 heavy (non-hydrogen) atoms. The minimum absolute atomic E-state index is 0.0329. The molecule has 0 saturated carbocycles. The van der Waals surface area contributed by atoms with Crippen molar-refractivity contribution in [1.82, 2.24) is 29.1 Å². The summed E-state index contributed by atoms with van der Waals surface area (Å²) in [5, 5.41) is 4.71. The summed E-state index contributed by atoms with van der Waals surface area (Å²) in [5.74, 6) is 0.492. The van der Waals surface area contributed by atoms with Gasteiger partial charge in [-0.15, -0.1) is 0 Å². The number of nitrogens with one attached hydrogen (secondary N) is 1. The van der Waals surface area contributed by atoms with E-state index in [9.17, 15) is 9.18 Å². The van der Waals surface area contributed by atoms with Gasteiger partial charge >= 0.3 is 0 Å². The highest BCUT2D eigenvalue weighted by Gasteiger charge is 2.18. The van der Waals surface area contributed by atoms with Crippen LogP contribution in [0.2, 0.25) is 0 Å². The largest absolute Gasteiger partial charge is 0.359 e. The first-order valence-electron chi connectivity index (χ1n) is 9.81. The first-order chi connectivity index (χ1) is 15.0. The van der Waals surface area contributed by atoms with Gasteiger partial charge in [0.2, 0.25) is 0 Å². The molecule has 1 aromatic carbocycles. The normalized spacial score (nSPS) is 11.3. The maximum Gasteiger partial charge on any atom is 0.184 e. The van der Waals surface area contributed by atoms with E-state index in [1.807, 2.05) is 30.7 Å². The van der Waals surface area contributed by atoms with Gasteiger partial charge in [-0.05, 0) is 55.5 Å². The number of carbonyl (C=O) groups is 1. The molecule has 0 saturated heterocycles. The molecule has 7 nitrogen and oxygen atoms in total. The molecule has 0 atom stereocenters. The van der Waals surface area contributed by atoms with E-state index in [0.717, 1.165) is 22.8 Å². The highest BCUT2D eigenvalue weighted by molar-refractivity contribution is 5.95. The molecule has 0 aliphatic heterocycles. The number of hydrogen-bond donors (Lipinski definition) is 1. The van der Waals surface area contributed by atoms with Crippen molar-refractivity contribution in [1.29, 1.82) is 0 Å². The number of Topliss-reactive ketones (excluding diaryl/α,β-unsaturated/α-hetero) is 1. The number of ketones is 1.